The fourth-order valence-electron chi connectivity index (χ4n) is 3.19. The summed E-state index contributed by atoms with van der Waals surface area (Å²) in [7, 11) is 0. The van der Waals surface area contributed by atoms with Gasteiger partial charge in [-0.1, -0.05) is 26.7 Å². The zero-order valence-corrected chi connectivity index (χ0v) is 11.6. The number of nitrogens with zero attached hydrogens (tertiary/aromatic N) is 1. The van der Waals surface area contributed by atoms with Gasteiger partial charge in [-0.2, -0.15) is 0 Å². The number of amides is 1. The Hall–Kier alpha value is -0.610. The molecular weight excluding hydrogens is 228 g/mol. The second-order valence-corrected chi connectivity index (χ2v) is 6.03. The van der Waals surface area contributed by atoms with Gasteiger partial charge in [0, 0.05) is 6.54 Å². The van der Waals surface area contributed by atoms with Crippen LogP contribution in [0.1, 0.15) is 46.0 Å². The standard InChI is InChI=1S/C14H26N2O2/c1-10(2)9-11(15)14(17)16-7-8-18-13-6-4-3-5-12(13)16/h10-13H,3-9,15H2,1-2H3/t11-,12?,13?/m0/s1. The summed E-state index contributed by atoms with van der Waals surface area (Å²) < 4.78 is 5.79. The maximum atomic E-state index is 12.4. The first kappa shape index (κ1) is 13.8. The fraction of sp³-hybridized carbons (Fsp3) is 0.929. The molecule has 1 aliphatic carbocycles. The van der Waals surface area contributed by atoms with Crippen LogP contribution in [0.5, 0.6) is 0 Å². The van der Waals surface area contributed by atoms with Crippen LogP contribution in [0.3, 0.4) is 0 Å². The highest BCUT2D eigenvalue weighted by atomic mass is 16.5. The second-order valence-electron chi connectivity index (χ2n) is 6.03. The van der Waals surface area contributed by atoms with Crippen molar-refractivity contribution in [1.82, 2.24) is 4.90 Å². The zero-order valence-electron chi connectivity index (χ0n) is 11.6. The number of ether oxygens (including phenoxy) is 1. The van der Waals surface area contributed by atoms with Crippen LogP contribution < -0.4 is 5.73 Å². The van der Waals surface area contributed by atoms with Crippen molar-refractivity contribution in [3.05, 3.63) is 0 Å². The average Bonchev–Trinajstić information content (AvgIpc) is 2.36. The van der Waals surface area contributed by atoms with Crippen molar-refractivity contribution in [3.63, 3.8) is 0 Å². The van der Waals surface area contributed by atoms with Crippen LogP contribution in [0.25, 0.3) is 0 Å². The smallest absolute Gasteiger partial charge is 0.239 e. The largest absolute Gasteiger partial charge is 0.374 e. The summed E-state index contributed by atoms with van der Waals surface area (Å²) in [6, 6.07) is -0.0658. The molecule has 0 aromatic rings. The highest BCUT2D eigenvalue weighted by Crippen LogP contribution is 2.29. The summed E-state index contributed by atoms with van der Waals surface area (Å²) in [6.07, 6.45) is 5.61. The van der Waals surface area contributed by atoms with Crippen molar-refractivity contribution in [3.8, 4) is 0 Å². The van der Waals surface area contributed by atoms with Gasteiger partial charge in [-0.05, 0) is 25.2 Å². The number of carbonyl (C=O) groups excluding carboxylic acids is 1. The third-order valence-corrected chi connectivity index (χ3v) is 4.06. The second kappa shape index (κ2) is 6.02. The minimum absolute atomic E-state index is 0.129. The molecule has 2 N–H and O–H groups in total. The molecule has 18 heavy (non-hydrogen) atoms. The predicted molar refractivity (Wildman–Crippen MR) is 71.1 cm³/mol. The number of carbonyl (C=O) groups is 1. The van der Waals surface area contributed by atoms with Gasteiger partial charge >= 0.3 is 0 Å². The number of nitrogens with two attached hydrogens (primary N) is 1. The highest BCUT2D eigenvalue weighted by molar-refractivity contribution is 5.82. The molecule has 2 aliphatic rings. The first-order valence-corrected chi connectivity index (χ1v) is 7.27. The number of hydrogen-bond donors (Lipinski definition) is 1. The molecule has 1 heterocycles. The molecule has 0 bridgehead atoms. The molecule has 2 rings (SSSR count). The fourth-order valence-corrected chi connectivity index (χ4v) is 3.19. The first-order chi connectivity index (χ1) is 8.59. The molecule has 1 amide bonds. The van der Waals surface area contributed by atoms with Crippen LogP contribution in [-0.4, -0.2) is 42.1 Å². The van der Waals surface area contributed by atoms with Crippen molar-refractivity contribution < 1.29 is 9.53 Å². The lowest BCUT2D eigenvalue weighted by Crippen LogP contribution is -2.58. The van der Waals surface area contributed by atoms with Crippen LogP contribution in [0.2, 0.25) is 0 Å². The van der Waals surface area contributed by atoms with Crippen LogP contribution in [0.4, 0.5) is 0 Å². The van der Waals surface area contributed by atoms with Crippen LogP contribution >= 0.6 is 0 Å². The molecule has 0 radical (unpaired) electrons. The van der Waals surface area contributed by atoms with Gasteiger partial charge in [0.2, 0.25) is 5.91 Å². The summed E-state index contributed by atoms with van der Waals surface area (Å²) in [5.41, 5.74) is 6.04. The number of fused-ring (bicyclic) bond motifs is 1. The lowest BCUT2D eigenvalue weighted by atomic mass is 9.89. The molecule has 1 saturated carbocycles. The van der Waals surface area contributed by atoms with E-state index in [1.807, 2.05) is 4.90 Å². The SMILES string of the molecule is CC(C)C[C@H](N)C(=O)N1CCOC2CCCCC21. The molecule has 4 nitrogen and oxygen atoms in total. The van der Waals surface area contributed by atoms with Crippen molar-refractivity contribution >= 4 is 5.91 Å². The van der Waals surface area contributed by atoms with E-state index in [2.05, 4.69) is 13.8 Å². The predicted octanol–water partition coefficient (Wildman–Crippen LogP) is 1.53. The van der Waals surface area contributed by atoms with Gasteiger partial charge in [0.1, 0.15) is 0 Å². The minimum Gasteiger partial charge on any atom is -0.374 e. The van der Waals surface area contributed by atoms with Crippen LogP contribution in [0, 0.1) is 5.92 Å². The Morgan fingerprint density at radius 3 is 2.83 bits per heavy atom. The van der Waals surface area contributed by atoms with Gasteiger partial charge in [-0.15, -0.1) is 0 Å². The van der Waals surface area contributed by atoms with E-state index in [-0.39, 0.29) is 24.1 Å². The van der Waals surface area contributed by atoms with Crippen molar-refractivity contribution in [2.45, 2.75) is 64.1 Å². The Morgan fingerprint density at radius 2 is 2.11 bits per heavy atom. The molecule has 4 heteroatoms. The van der Waals surface area contributed by atoms with E-state index in [0.717, 1.165) is 19.3 Å². The Kier molecular flexibility index (Phi) is 4.62. The van der Waals surface area contributed by atoms with E-state index in [1.54, 1.807) is 0 Å². The van der Waals surface area contributed by atoms with Crippen molar-refractivity contribution in [2.24, 2.45) is 11.7 Å². The number of rotatable bonds is 3. The Balaban J connectivity index is 1.99. The normalized spacial score (nSPS) is 30.1. The summed E-state index contributed by atoms with van der Waals surface area (Å²) in [4.78, 5) is 14.4. The maximum Gasteiger partial charge on any atom is 0.239 e. The first-order valence-electron chi connectivity index (χ1n) is 7.27. The topological polar surface area (TPSA) is 55.6 Å². The molecule has 1 aliphatic heterocycles. The Morgan fingerprint density at radius 1 is 1.39 bits per heavy atom. The average molecular weight is 254 g/mol. The van der Waals surface area contributed by atoms with Gasteiger partial charge in [0.15, 0.2) is 0 Å². The van der Waals surface area contributed by atoms with Gasteiger partial charge < -0.3 is 15.4 Å². The quantitative estimate of drug-likeness (QED) is 0.831. The van der Waals surface area contributed by atoms with E-state index >= 15 is 0 Å². The molecule has 0 aromatic carbocycles. The molecule has 2 fully saturated rings. The molecule has 0 aromatic heterocycles. The summed E-state index contributed by atoms with van der Waals surface area (Å²) in [5, 5.41) is 0. The van der Waals surface area contributed by atoms with Gasteiger partial charge in [-0.3, -0.25) is 4.79 Å². The monoisotopic (exact) mass is 254 g/mol. The van der Waals surface area contributed by atoms with Crippen molar-refractivity contribution in [1.29, 1.82) is 0 Å². The molecule has 3 atom stereocenters. The third kappa shape index (κ3) is 3.04. The lowest BCUT2D eigenvalue weighted by molar-refractivity contribution is -0.151. The molecular formula is C14H26N2O2. The number of hydrogen-bond acceptors (Lipinski definition) is 3. The molecule has 2 unspecified atom stereocenters. The Labute approximate surface area is 110 Å². The van der Waals surface area contributed by atoms with Crippen LogP contribution in [0.15, 0.2) is 0 Å². The minimum atomic E-state index is -0.342. The maximum absolute atomic E-state index is 12.4. The van der Waals surface area contributed by atoms with E-state index in [0.29, 0.717) is 19.1 Å². The third-order valence-electron chi connectivity index (χ3n) is 4.06. The molecule has 104 valence electrons. The highest BCUT2D eigenvalue weighted by Gasteiger charge is 2.38. The summed E-state index contributed by atoms with van der Waals surface area (Å²) >= 11 is 0. The zero-order chi connectivity index (χ0) is 13.1. The van der Waals surface area contributed by atoms with Gasteiger partial charge in [0.05, 0.1) is 24.8 Å². The molecule has 1 saturated heterocycles. The number of morpholine rings is 1. The van der Waals surface area contributed by atoms with E-state index in [4.69, 9.17) is 10.5 Å². The summed E-state index contributed by atoms with van der Waals surface area (Å²) in [5.74, 6) is 0.594. The van der Waals surface area contributed by atoms with Gasteiger partial charge in [-0.25, -0.2) is 0 Å². The van der Waals surface area contributed by atoms with E-state index < -0.39 is 0 Å². The van der Waals surface area contributed by atoms with Gasteiger partial charge in [0.25, 0.3) is 0 Å². The summed E-state index contributed by atoms with van der Waals surface area (Å²) in [6.45, 7) is 5.60. The van der Waals surface area contributed by atoms with Crippen LogP contribution in [-0.2, 0) is 9.53 Å². The van der Waals surface area contributed by atoms with Crippen molar-refractivity contribution in [2.75, 3.05) is 13.2 Å². The Bertz CT molecular complexity index is 292. The van der Waals surface area contributed by atoms with E-state index in [1.165, 1.54) is 12.8 Å². The molecule has 0 spiro atoms. The lowest BCUT2D eigenvalue weighted by Gasteiger charge is -2.44. The van der Waals surface area contributed by atoms with E-state index in [9.17, 15) is 4.79 Å².